The molecule has 0 aromatic heterocycles. The third-order valence-corrected chi connectivity index (χ3v) is 5.15. The van der Waals surface area contributed by atoms with Crippen molar-refractivity contribution >= 4 is 33.1 Å². The van der Waals surface area contributed by atoms with Crippen molar-refractivity contribution in [1.82, 2.24) is 10.2 Å². The van der Waals surface area contributed by atoms with Gasteiger partial charge in [-0.15, -0.1) is 24.8 Å². The molecule has 2 rings (SSSR count). The van der Waals surface area contributed by atoms with Gasteiger partial charge in [0.05, 0.1) is 0 Å². The molecular formula is C19H36Cl2N2OSi. The van der Waals surface area contributed by atoms with E-state index in [2.05, 4.69) is 68.0 Å². The fourth-order valence-corrected chi connectivity index (χ4v) is 4.00. The Morgan fingerprint density at radius 1 is 1.00 bits per heavy atom. The van der Waals surface area contributed by atoms with Crippen LogP contribution in [0.15, 0.2) is 24.3 Å². The van der Waals surface area contributed by atoms with E-state index >= 15 is 0 Å². The zero-order chi connectivity index (χ0) is 16.9. The van der Waals surface area contributed by atoms with Crippen LogP contribution in [0.4, 0.5) is 0 Å². The summed E-state index contributed by atoms with van der Waals surface area (Å²) in [5.74, 6) is 1.78. The molecule has 0 saturated carbocycles. The van der Waals surface area contributed by atoms with Crippen LogP contribution in [-0.2, 0) is 0 Å². The van der Waals surface area contributed by atoms with Gasteiger partial charge in [-0.05, 0) is 56.1 Å². The first-order chi connectivity index (χ1) is 10.8. The highest BCUT2D eigenvalue weighted by Crippen LogP contribution is 2.29. The Labute approximate surface area is 167 Å². The number of hydrogen-bond donors (Lipinski definition) is 1. The fourth-order valence-electron chi connectivity index (χ4n) is 3.16. The molecule has 0 amide bonds. The van der Waals surface area contributed by atoms with E-state index in [1.54, 1.807) is 0 Å². The van der Waals surface area contributed by atoms with E-state index in [1.165, 1.54) is 18.4 Å². The third kappa shape index (κ3) is 8.78. The maximum atomic E-state index is 6.10. The predicted octanol–water partition coefficient (Wildman–Crippen LogP) is 5.13. The lowest BCUT2D eigenvalue weighted by Gasteiger charge is -2.36. The van der Waals surface area contributed by atoms with Gasteiger partial charge in [0.15, 0.2) is 0 Å². The Morgan fingerprint density at radius 2 is 1.56 bits per heavy atom. The standard InChI is InChI=1S/C19H34N2OSi.2ClH/c1-16(2)6-11-19(21-14-12-20-13-15-21)17-7-9-18(10-8-17)22-23(3,4)5;;/h7-10,16,19-20H,6,11-15H2,1-5H3;2*1H/t19-;;/m1../s1. The highest BCUT2D eigenvalue weighted by Gasteiger charge is 2.23. The molecule has 1 aliphatic rings. The number of hydrogen-bond acceptors (Lipinski definition) is 3. The molecule has 1 fully saturated rings. The van der Waals surface area contributed by atoms with E-state index in [-0.39, 0.29) is 24.8 Å². The van der Waals surface area contributed by atoms with Gasteiger partial charge in [0.25, 0.3) is 0 Å². The normalized spacial score (nSPS) is 16.7. The molecule has 0 unspecified atom stereocenters. The number of benzene rings is 1. The minimum absolute atomic E-state index is 0. The van der Waals surface area contributed by atoms with Gasteiger partial charge < -0.3 is 9.74 Å². The van der Waals surface area contributed by atoms with Gasteiger partial charge in [-0.1, -0.05) is 26.0 Å². The molecule has 6 heteroatoms. The second-order valence-electron chi connectivity index (χ2n) is 8.06. The molecule has 3 nitrogen and oxygen atoms in total. The molecule has 1 N–H and O–H groups in total. The SMILES string of the molecule is CC(C)CC[C@H](c1ccc(O[Si](C)(C)C)cc1)N1CCNCC1.Cl.Cl. The molecule has 0 aliphatic carbocycles. The Hall–Kier alpha value is -0.263. The highest BCUT2D eigenvalue weighted by atomic mass is 35.5. The van der Waals surface area contributed by atoms with Crippen molar-refractivity contribution in [1.29, 1.82) is 0 Å². The van der Waals surface area contributed by atoms with Gasteiger partial charge >= 0.3 is 0 Å². The maximum absolute atomic E-state index is 6.10. The summed E-state index contributed by atoms with van der Waals surface area (Å²) in [6, 6.07) is 9.43. The Bertz CT molecular complexity index is 471. The molecule has 146 valence electrons. The van der Waals surface area contributed by atoms with Gasteiger partial charge in [-0.25, -0.2) is 0 Å². The van der Waals surface area contributed by atoms with Gasteiger partial charge in [0, 0.05) is 32.2 Å². The maximum Gasteiger partial charge on any atom is 0.242 e. The van der Waals surface area contributed by atoms with Gasteiger partial charge in [0.2, 0.25) is 8.32 Å². The van der Waals surface area contributed by atoms with Crippen LogP contribution in [0.1, 0.15) is 38.3 Å². The summed E-state index contributed by atoms with van der Waals surface area (Å²) in [4.78, 5) is 2.65. The van der Waals surface area contributed by atoms with Crippen molar-refractivity contribution in [2.75, 3.05) is 26.2 Å². The Balaban J connectivity index is 0.00000288. The van der Waals surface area contributed by atoms with E-state index in [0.29, 0.717) is 6.04 Å². The molecule has 1 saturated heterocycles. The molecule has 1 aliphatic heterocycles. The second kappa shape index (κ2) is 11.5. The lowest BCUT2D eigenvalue weighted by Crippen LogP contribution is -2.45. The van der Waals surface area contributed by atoms with Crippen LogP contribution in [0.25, 0.3) is 0 Å². The van der Waals surface area contributed by atoms with Crippen molar-refractivity contribution < 1.29 is 4.43 Å². The monoisotopic (exact) mass is 406 g/mol. The molecule has 0 spiro atoms. The smallest absolute Gasteiger partial charge is 0.242 e. The van der Waals surface area contributed by atoms with Crippen LogP contribution in [0.3, 0.4) is 0 Å². The van der Waals surface area contributed by atoms with E-state index in [0.717, 1.165) is 37.8 Å². The average molecular weight is 408 g/mol. The van der Waals surface area contributed by atoms with E-state index in [4.69, 9.17) is 4.43 Å². The number of halogens is 2. The zero-order valence-electron chi connectivity index (χ0n) is 16.4. The fraction of sp³-hybridized carbons (Fsp3) is 0.684. The molecule has 1 aromatic rings. The highest BCUT2D eigenvalue weighted by molar-refractivity contribution is 6.70. The lowest BCUT2D eigenvalue weighted by molar-refractivity contribution is 0.160. The lowest BCUT2D eigenvalue weighted by atomic mass is 9.95. The van der Waals surface area contributed by atoms with E-state index < -0.39 is 8.32 Å². The van der Waals surface area contributed by atoms with Gasteiger partial charge in [0.1, 0.15) is 5.75 Å². The van der Waals surface area contributed by atoms with E-state index in [1.807, 2.05) is 0 Å². The second-order valence-corrected chi connectivity index (χ2v) is 12.5. The molecular weight excluding hydrogens is 371 g/mol. The van der Waals surface area contributed by atoms with Crippen LogP contribution in [0.2, 0.25) is 19.6 Å². The molecule has 1 atom stereocenters. The molecule has 25 heavy (non-hydrogen) atoms. The Morgan fingerprint density at radius 3 is 2.04 bits per heavy atom. The van der Waals surface area contributed by atoms with Crippen molar-refractivity contribution in [3.8, 4) is 5.75 Å². The van der Waals surface area contributed by atoms with Crippen LogP contribution in [0.5, 0.6) is 5.75 Å². The van der Waals surface area contributed by atoms with Crippen LogP contribution in [0, 0.1) is 5.92 Å². The van der Waals surface area contributed by atoms with Crippen molar-refractivity contribution in [2.45, 2.75) is 52.4 Å². The van der Waals surface area contributed by atoms with Crippen LogP contribution in [-0.4, -0.2) is 39.4 Å². The summed E-state index contributed by atoms with van der Waals surface area (Å²) >= 11 is 0. The molecule has 1 aromatic carbocycles. The van der Waals surface area contributed by atoms with Crippen molar-refractivity contribution in [3.63, 3.8) is 0 Å². The number of nitrogens with one attached hydrogen (secondary N) is 1. The minimum atomic E-state index is -1.52. The summed E-state index contributed by atoms with van der Waals surface area (Å²) in [6.45, 7) is 15.8. The topological polar surface area (TPSA) is 24.5 Å². The molecule has 1 heterocycles. The van der Waals surface area contributed by atoms with Gasteiger partial charge in [-0.3, -0.25) is 4.90 Å². The summed E-state index contributed by atoms with van der Waals surface area (Å²) < 4.78 is 6.10. The van der Waals surface area contributed by atoms with Crippen molar-refractivity contribution in [3.05, 3.63) is 29.8 Å². The first-order valence-corrected chi connectivity index (χ1v) is 12.5. The van der Waals surface area contributed by atoms with Crippen LogP contribution < -0.4 is 9.74 Å². The largest absolute Gasteiger partial charge is 0.544 e. The van der Waals surface area contributed by atoms with Crippen molar-refractivity contribution in [2.24, 2.45) is 5.92 Å². The average Bonchev–Trinajstić information content (AvgIpc) is 2.48. The first kappa shape index (κ1) is 24.7. The van der Waals surface area contributed by atoms with Gasteiger partial charge in [-0.2, -0.15) is 0 Å². The summed E-state index contributed by atoms with van der Waals surface area (Å²) in [7, 11) is -1.52. The van der Waals surface area contributed by atoms with E-state index in [9.17, 15) is 0 Å². The summed E-state index contributed by atoms with van der Waals surface area (Å²) in [5.41, 5.74) is 1.44. The number of rotatable bonds is 7. The number of piperazine rings is 1. The summed E-state index contributed by atoms with van der Waals surface area (Å²) in [5, 5.41) is 3.46. The number of nitrogens with zero attached hydrogens (tertiary/aromatic N) is 1. The third-order valence-electron chi connectivity index (χ3n) is 4.30. The predicted molar refractivity (Wildman–Crippen MR) is 116 cm³/mol. The first-order valence-electron chi connectivity index (χ1n) is 9.09. The Kier molecular flexibility index (Phi) is 11.3. The molecule has 0 bridgehead atoms. The minimum Gasteiger partial charge on any atom is -0.544 e. The summed E-state index contributed by atoms with van der Waals surface area (Å²) in [6.07, 6.45) is 2.52. The zero-order valence-corrected chi connectivity index (χ0v) is 19.0. The molecule has 0 radical (unpaired) electrons. The van der Waals surface area contributed by atoms with Crippen LogP contribution >= 0.6 is 24.8 Å². The quantitative estimate of drug-likeness (QED) is 0.635.